The van der Waals surface area contributed by atoms with Crippen LogP contribution in [0.15, 0.2) is 48.7 Å². The van der Waals surface area contributed by atoms with Gasteiger partial charge in [0.05, 0.1) is 31.0 Å². The van der Waals surface area contributed by atoms with Crippen molar-refractivity contribution in [1.29, 1.82) is 0 Å². The average Bonchev–Trinajstić information content (AvgIpc) is 3.61. The molecule has 0 aliphatic heterocycles. The van der Waals surface area contributed by atoms with Crippen LogP contribution in [0.3, 0.4) is 0 Å². The summed E-state index contributed by atoms with van der Waals surface area (Å²) in [6.07, 6.45) is 5.78. The van der Waals surface area contributed by atoms with E-state index in [1.807, 2.05) is 42.2 Å². The van der Waals surface area contributed by atoms with Crippen LogP contribution in [-0.2, 0) is 23.2 Å². The fraction of sp³-hybridized carbons (Fsp3) is 0.385. The molecule has 7 nitrogen and oxygen atoms in total. The number of aromatic nitrogens is 2. The highest BCUT2D eigenvalue weighted by Gasteiger charge is 2.54. The molecule has 4 rings (SSSR count). The van der Waals surface area contributed by atoms with Crippen LogP contribution in [0, 0.1) is 6.92 Å². The number of aldehydes is 1. The molecule has 9 heteroatoms. The number of rotatable bonds is 10. The number of carbonyl (C=O) groups is 2. The van der Waals surface area contributed by atoms with E-state index in [1.54, 1.807) is 20.4 Å². The molecule has 0 atom stereocenters. The molecule has 0 bridgehead atoms. The van der Waals surface area contributed by atoms with Crippen LogP contribution >= 0.6 is 24.2 Å². The summed E-state index contributed by atoms with van der Waals surface area (Å²) in [6, 6.07) is 14.0. The van der Waals surface area contributed by atoms with Gasteiger partial charge in [0.2, 0.25) is 5.91 Å². The molecule has 1 N–H and O–H groups in total. The first-order valence-corrected chi connectivity index (χ1v) is 12.8. The molecule has 1 amide bonds. The summed E-state index contributed by atoms with van der Waals surface area (Å²) >= 11 is 5.02. The van der Waals surface area contributed by atoms with Crippen LogP contribution in [-0.4, -0.2) is 47.8 Å². The van der Waals surface area contributed by atoms with Crippen molar-refractivity contribution in [3.8, 4) is 5.75 Å². The minimum atomic E-state index is -0.571. The third kappa shape index (κ3) is 6.90. The highest BCUT2D eigenvalue weighted by atomic mass is 32.1. The number of benzene rings is 1. The summed E-state index contributed by atoms with van der Waals surface area (Å²) in [6.45, 7) is 2.92. The van der Waals surface area contributed by atoms with Gasteiger partial charge in [0.15, 0.2) is 6.29 Å². The Labute approximate surface area is 216 Å². The molecule has 0 unspecified atom stereocenters. The van der Waals surface area contributed by atoms with Crippen molar-refractivity contribution in [2.45, 2.75) is 44.6 Å². The fourth-order valence-corrected chi connectivity index (χ4v) is 4.88. The number of pyridine rings is 1. The number of nitrogens with zero attached hydrogens (tertiary/aromatic N) is 3. The predicted octanol–water partition coefficient (Wildman–Crippen LogP) is 4.41. The molecule has 3 aromatic rings. The Morgan fingerprint density at radius 2 is 1.97 bits per heavy atom. The van der Waals surface area contributed by atoms with Gasteiger partial charge in [0.1, 0.15) is 16.5 Å². The summed E-state index contributed by atoms with van der Waals surface area (Å²) in [5, 5.41) is 0.788. The van der Waals surface area contributed by atoms with E-state index in [1.165, 1.54) is 16.9 Å². The SMILES string of the molecule is CNS.COc1ccc(C2(C(=O)N(CCCc3ccccc3)Cc3nc(C=O)c(C)s3)CC2)nc1. The Balaban J connectivity index is 0.00000108. The van der Waals surface area contributed by atoms with Gasteiger partial charge in [0.25, 0.3) is 0 Å². The van der Waals surface area contributed by atoms with E-state index >= 15 is 0 Å². The number of aryl methyl sites for hydroxylation is 2. The first-order valence-electron chi connectivity index (χ1n) is 11.5. The zero-order valence-electron chi connectivity index (χ0n) is 20.4. The normalized spacial score (nSPS) is 13.4. The number of hydrogen-bond donors (Lipinski definition) is 2. The Morgan fingerprint density at radius 3 is 2.51 bits per heavy atom. The number of ether oxygens (including phenoxy) is 1. The van der Waals surface area contributed by atoms with Crippen LogP contribution in [0.5, 0.6) is 5.75 Å². The number of hydrogen-bond acceptors (Lipinski definition) is 8. The van der Waals surface area contributed by atoms with E-state index in [0.29, 0.717) is 24.5 Å². The Bertz CT molecular complexity index is 1100. The smallest absolute Gasteiger partial charge is 0.235 e. The molecular formula is C26H32N4O3S2. The lowest BCUT2D eigenvalue weighted by molar-refractivity contribution is -0.134. The molecule has 0 spiro atoms. The summed E-state index contributed by atoms with van der Waals surface area (Å²) in [5.74, 6) is 0.764. The van der Waals surface area contributed by atoms with E-state index in [0.717, 1.165) is 47.5 Å². The van der Waals surface area contributed by atoms with Crippen LogP contribution in [0.4, 0.5) is 0 Å². The second kappa shape index (κ2) is 12.8. The minimum Gasteiger partial charge on any atom is -0.495 e. The second-order valence-corrected chi connectivity index (χ2v) is 10.1. The Kier molecular flexibility index (Phi) is 9.83. The van der Waals surface area contributed by atoms with Crippen molar-refractivity contribution in [2.75, 3.05) is 20.7 Å². The molecule has 0 radical (unpaired) electrons. The van der Waals surface area contributed by atoms with Crippen molar-refractivity contribution < 1.29 is 14.3 Å². The van der Waals surface area contributed by atoms with Crippen LogP contribution in [0.1, 0.15) is 50.9 Å². The molecule has 1 fully saturated rings. The van der Waals surface area contributed by atoms with Gasteiger partial charge in [-0.05, 0) is 57.4 Å². The molecule has 35 heavy (non-hydrogen) atoms. The maximum absolute atomic E-state index is 13.8. The molecule has 0 saturated heterocycles. The Hall–Kier alpha value is -2.75. The predicted molar refractivity (Wildman–Crippen MR) is 142 cm³/mol. The van der Waals surface area contributed by atoms with Gasteiger partial charge < -0.3 is 9.64 Å². The molecule has 2 aromatic heterocycles. The molecular weight excluding hydrogens is 480 g/mol. The number of carbonyl (C=O) groups excluding carboxylic acids is 2. The van der Waals surface area contributed by atoms with Gasteiger partial charge in [-0.15, -0.1) is 11.3 Å². The van der Waals surface area contributed by atoms with Gasteiger partial charge >= 0.3 is 0 Å². The number of thiol groups is 1. The average molecular weight is 513 g/mol. The highest BCUT2D eigenvalue weighted by molar-refractivity contribution is 7.78. The van der Waals surface area contributed by atoms with E-state index < -0.39 is 5.41 Å². The molecule has 1 aromatic carbocycles. The third-order valence-corrected chi connectivity index (χ3v) is 6.93. The van der Waals surface area contributed by atoms with Gasteiger partial charge in [-0.2, -0.15) is 0 Å². The number of thiazole rings is 1. The molecule has 1 aliphatic rings. The van der Waals surface area contributed by atoms with E-state index in [4.69, 9.17) is 4.74 Å². The van der Waals surface area contributed by atoms with Gasteiger partial charge in [0, 0.05) is 11.4 Å². The zero-order valence-corrected chi connectivity index (χ0v) is 22.1. The van der Waals surface area contributed by atoms with Crippen molar-refractivity contribution in [2.24, 2.45) is 0 Å². The van der Waals surface area contributed by atoms with Crippen LogP contribution in [0.25, 0.3) is 0 Å². The topological polar surface area (TPSA) is 84.4 Å². The second-order valence-electron chi connectivity index (χ2n) is 8.37. The quantitative estimate of drug-likeness (QED) is 0.309. The molecule has 1 saturated carbocycles. The van der Waals surface area contributed by atoms with Crippen LogP contribution in [0.2, 0.25) is 0 Å². The maximum atomic E-state index is 13.8. The Morgan fingerprint density at radius 1 is 1.26 bits per heavy atom. The van der Waals surface area contributed by atoms with Gasteiger partial charge in [-0.1, -0.05) is 43.1 Å². The largest absolute Gasteiger partial charge is 0.495 e. The van der Waals surface area contributed by atoms with Crippen molar-refractivity contribution >= 4 is 36.3 Å². The molecule has 186 valence electrons. The monoisotopic (exact) mass is 512 g/mol. The lowest BCUT2D eigenvalue weighted by Crippen LogP contribution is -2.40. The molecule has 2 heterocycles. The highest BCUT2D eigenvalue weighted by Crippen LogP contribution is 2.49. The number of nitrogens with one attached hydrogen (secondary N) is 1. The lowest BCUT2D eigenvalue weighted by atomic mass is 9.99. The van der Waals surface area contributed by atoms with Gasteiger partial charge in [-0.3, -0.25) is 19.3 Å². The van der Waals surface area contributed by atoms with Crippen molar-refractivity contribution in [3.05, 3.63) is 75.5 Å². The van der Waals surface area contributed by atoms with E-state index in [9.17, 15) is 9.59 Å². The molecule has 1 aliphatic carbocycles. The van der Waals surface area contributed by atoms with E-state index in [2.05, 4.69) is 39.6 Å². The fourth-order valence-electron chi connectivity index (χ4n) is 3.97. The zero-order chi connectivity index (χ0) is 25.3. The third-order valence-electron chi connectivity index (χ3n) is 5.96. The summed E-state index contributed by atoms with van der Waals surface area (Å²) in [5.41, 5.74) is 1.94. The number of amides is 1. The van der Waals surface area contributed by atoms with Crippen LogP contribution < -0.4 is 9.46 Å². The van der Waals surface area contributed by atoms with Crippen molar-refractivity contribution in [1.82, 2.24) is 19.6 Å². The summed E-state index contributed by atoms with van der Waals surface area (Å²) in [4.78, 5) is 36.7. The maximum Gasteiger partial charge on any atom is 0.235 e. The standard InChI is InChI=1S/C25H27N3O3S.CH5NS/c1-18-21(17-29)27-23(32-18)16-28(14-6-9-19-7-4-3-5-8-19)24(30)25(12-13-25)22-11-10-20(31-2)15-26-22;1-2-3/h3-5,7-8,10-11,15,17H,6,9,12-14,16H2,1-2H3;2-3H,1H3. The number of methoxy groups -OCH3 is 1. The first-order chi connectivity index (χ1) is 17.0. The summed E-state index contributed by atoms with van der Waals surface area (Å²) < 4.78 is 7.66. The van der Waals surface area contributed by atoms with Crippen molar-refractivity contribution in [3.63, 3.8) is 0 Å². The van der Waals surface area contributed by atoms with E-state index in [-0.39, 0.29) is 5.91 Å². The minimum absolute atomic E-state index is 0.0868. The lowest BCUT2D eigenvalue weighted by Gasteiger charge is -2.27. The van der Waals surface area contributed by atoms with Gasteiger partial charge in [-0.25, -0.2) is 4.98 Å². The first kappa shape index (κ1) is 26.8. The summed E-state index contributed by atoms with van der Waals surface area (Å²) in [7, 11) is 3.34.